The van der Waals surface area contributed by atoms with Crippen LogP contribution in [0.1, 0.15) is 204 Å². The van der Waals surface area contributed by atoms with Crippen LogP contribution in [-0.4, -0.2) is 46.7 Å². The molecule has 1 radical (unpaired) electrons. The molecule has 0 aromatic rings. The minimum Gasteiger partial charge on any atom is -0.662 e. The van der Waals surface area contributed by atoms with Gasteiger partial charge < -0.3 is 47.8 Å². The molecule has 0 N–H and O–H groups in total. The van der Waals surface area contributed by atoms with Crippen molar-refractivity contribution in [3.05, 3.63) is 72.6 Å². The molecular formula is C58H119N2Si2Ti2. The van der Waals surface area contributed by atoms with Crippen molar-refractivity contribution in [2.24, 2.45) is 71.0 Å². The molecule has 0 saturated heterocycles. The van der Waals surface area contributed by atoms with Gasteiger partial charge in [0.25, 0.3) is 0 Å². The topological polar surface area (TPSA) is 28.2 Å². The molecule has 8 fully saturated rings. The van der Waals surface area contributed by atoms with E-state index in [1.165, 1.54) is 97.5 Å². The third-order valence-electron chi connectivity index (χ3n) is 17.3. The summed E-state index contributed by atoms with van der Waals surface area (Å²) in [6.07, 6.45) is 37.8. The van der Waals surface area contributed by atoms with Crippen molar-refractivity contribution in [2.75, 3.05) is 14.1 Å². The first kappa shape index (κ1) is 76.7. The fourth-order valence-electron chi connectivity index (χ4n) is 13.3. The van der Waals surface area contributed by atoms with E-state index >= 15 is 0 Å². The number of rotatable bonds is 3. The van der Waals surface area contributed by atoms with Crippen molar-refractivity contribution in [3.8, 4) is 0 Å². The summed E-state index contributed by atoms with van der Waals surface area (Å²) in [5, 5.41) is 8.50. The second-order valence-corrected chi connectivity index (χ2v) is 23.6. The Labute approximate surface area is 445 Å². The van der Waals surface area contributed by atoms with Crippen LogP contribution >= 0.6 is 0 Å². The number of hydrogen-bond acceptors (Lipinski definition) is 0. The van der Waals surface area contributed by atoms with Crippen LogP contribution in [0.5, 0.6) is 0 Å². The minimum atomic E-state index is 0. The first-order chi connectivity index (χ1) is 27.5. The van der Waals surface area contributed by atoms with Gasteiger partial charge >= 0.3 is 43.4 Å². The van der Waals surface area contributed by atoms with Crippen LogP contribution in [-0.2, 0) is 43.4 Å². The van der Waals surface area contributed by atoms with Gasteiger partial charge in [-0.05, 0) is 115 Å². The predicted molar refractivity (Wildman–Crippen MR) is 299 cm³/mol. The fraction of sp³-hybridized carbons (Fsp3) is 0.845. The molecule has 0 aromatic carbocycles. The third kappa shape index (κ3) is 24.9. The second kappa shape index (κ2) is 44.2. The van der Waals surface area contributed by atoms with Crippen LogP contribution in [0.2, 0.25) is 11.1 Å². The zero-order valence-corrected chi connectivity index (χ0v) is 54.3. The van der Waals surface area contributed by atoms with Gasteiger partial charge in [0.1, 0.15) is 0 Å². The zero-order valence-electron chi connectivity index (χ0n) is 47.1. The van der Waals surface area contributed by atoms with E-state index in [4.69, 9.17) is 0 Å². The number of fused-ring (bicyclic) bond motifs is 4. The first-order valence-electron chi connectivity index (χ1n) is 25.9. The summed E-state index contributed by atoms with van der Waals surface area (Å²) in [5.41, 5.74) is 2.29. The summed E-state index contributed by atoms with van der Waals surface area (Å²) in [6.45, 7) is 24.1. The molecule has 8 aliphatic carbocycles. The molecule has 2 nitrogen and oxygen atoms in total. The van der Waals surface area contributed by atoms with Gasteiger partial charge in [0.2, 0.25) is 0 Å². The van der Waals surface area contributed by atoms with Crippen LogP contribution in [0, 0.1) is 108 Å². The van der Waals surface area contributed by atoms with E-state index in [0.717, 1.165) is 82.1 Å². The van der Waals surface area contributed by atoms with Crippen LogP contribution in [0.25, 0.3) is 10.6 Å². The SMILES string of the molecule is C=C/C=C/C.CC1C(C)C2CC3CCCC3CC2C1[SiH3].CC1C(C)C2CC3CCCC3CC2C1[SiH3].CCC.CCC.C[N-]C1CCCCC1.C[N-]C1CCCCC1.[CH3-].[CH3-].[CH3-].[CH3-].[CH3-].[Ti+3].[Ti+4]. The number of hydrogen-bond donors (Lipinski definition) is 0. The van der Waals surface area contributed by atoms with E-state index in [9.17, 15) is 0 Å². The molecule has 6 heteroatoms. The number of nitrogens with zero attached hydrogens (tertiary/aromatic N) is 2. The maximum atomic E-state index is 4.25. The van der Waals surface area contributed by atoms with Gasteiger partial charge in [-0.25, -0.2) is 0 Å². The zero-order chi connectivity index (χ0) is 42.3. The Morgan fingerprint density at radius 2 is 0.734 bits per heavy atom. The number of allylic oxidation sites excluding steroid dienone is 3. The van der Waals surface area contributed by atoms with E-state index in [2.05, 4.69) is 72.6 Å². The molecule has 377 valence electrons. The van der Waals surface area contributed by atoms with Gasteiger partial charge in [0.15, 0.2) is 0 Å². The van der Waals surface area contributed by atoms with Crippen molar-refractivity contribution in [2.45, 2.75) is 227 Å². The summed E-state index contributed by atoms with van der Waals surface area (Å²) in [6, 6.07) is 1.42. The molecule has 0 bridgehead atoms. The second-order valence-electron chi connectivity index (χ2n) is 20.9. The Morgan fingerprint density at radius 1 is 0.469 bits per heavy atom. The van der Waals surface area contributed by atoms with Crippen molar-refractivity contribution in [3.63, 3.8) is 0 Å². The van der Waals surface area contributed by atoms with Crippen LogP contribution in [0.15, 0.2) is 24.8 Å². The van der Waals surface area contributed by atoms with E-state index < -0.39 is 0 Å². The fourth-order valence-corrected chi connectivity index (χ4v) is 16.1. The van der Waals surface area contributed by atoms with Crippen molar-refractivity contribution in [1.29, 1.82) is 0 Å². The Kier molecular flexibility index (Phi) is 53.0. The van der Waals surface area contributed by atoms with Gasteiger partial charge in [-0.3, -0.25) is 0 Å². The van der Waals surface area contributed by atoms with E-state index in [0.29, 0.717) is 12.1 Å². The third-order valence-corrected chi connectivity index (χ3v) is 21.1. The van der Waals surface area contributed by atoms with Gasteiger partial charge in [-0.2, -0.15) is 14.1 Å². The van der Waals surface area contributed by atoms with Gasteiger partial charge in [-0.1, -0.05) is 196 Å². The molecule has 0 heterocycles. The summed E-state index contributed by atoms with van der Waals surface area (Å²) in [5.74, 6) is 13.3. The van der Waals surface area contributed by atoms with Gasteiger partial charge in [-0.15, -0.1) is 12.1 Å². The molecule has 0 aliphatic heterocycles. The monoisotopic (exact) mass is 996 g/mol. The Morgan fingerprint density at radius 3 is 0.938 bits per heavy atom. The average molecular weight is 997 g/mol. The molecule has 0 spiro atoms. The smallest absolute Gasteiger partial charge is 0.662 e. The molecule has 8 aliphatic rings. The molecule has 8 rings (SSSR count). The van der Waals surface area contributed by atoms with E-state index in [1.807, 2.05) is 33.2 Å². The Hall–Kier alpha value is 1.26. The largest absolute Gasteiger partial charge is 4.00 e. The van der Waals surface area contributed by atoms with Crippen molar-refractivity contribution in [1.82, 2.24) is 0 Å². The molecule has 14 atom stereocenters. The summed E-state index contributed by atoms with van der Waals surface area (Å²) >= 11 is 0. The van der Waals surface area contributed by atoms with Gasteiger partial charge in [0.05, 0.1) is 0 Å². The van der Waals surface area contributed by atoms with E-state index in [1.54, 1.807) is 70.3 Å². The maximum Gasteiger partial charge on any atom is 4.00 e. The first-order valence-corrected chi connectivity index (χ1v) is 28.2. The molecule has 8 saturated carbocycles. The van der Waals surface area contributed by atoms with Crippen molar-refractivity contribution >= 4 is 20.5 Å². The average Bonchev–Trinajstić information content (AvgIpc) is 4.00. The van der Waals surface area contributed by atoms with Crippen molar-refractivity contribution < 1.29 is 43.4 Å². The summed E-state index contributed by atoms with van der Waals surface area (Å²) in [4.78, 5) is 0. The minimum absolute atomic E-state index is 0. The normalized spacial score (nSPS) is 34.9. The standard InChI is InChI=1S/2C14H26Si.2C7H14N.C5H8.2C3H8.5CH3.2Ti/c2*1-8-9(2)14(15)13-7-11-5-3-4-10(11)6-12(8)13;2*1-8-7-5-3-2-4-6-7;1-3-5-4-2;2*1-3-2;;;;;;;/h2*8-14H,3-7H2,1-2,15H3;2*7H,2-6H2,1H3;3-5H,1H2,2H3;2*3H2,1-2H3;5*1H3;;/q;;2*-1;;;;5*-1;+3;+4/b;;;;5-4+;;;;;;;;;. The van der Waals surface area contributed by atoms with Crippen LogP contribution in [0.3, 0.4) is 0 Å². The Balaban J connectivity index is -0.000000161. The van der Waals surface area contributed by atoms with Crippen LogP contribution < -0.4 is 0 Å². The molecule has 0 amide bonds. The molecular weight excluding hydrogens is 877 g/mol. The van der Waals surface area contributed by atoms with Crippen LogP contribution in [0.4, 0.5) is 0 Å². The quantitative estimate of drug-likeness (QED) is 0.153. The molecule has 0 aromatic heterocycles. The summed E-state index contributed by atoms with van der Waals surface area (Å²) in [7, 11) is 6.78. The predicted octanol–water partition coefficient (Wildman–Crippen LogP) is 17.2. The Bertz CT molecular complexity index is 912. The summed E-state index contributed by atoms with van der Waals surface area (Å²) < 4.78 is 0. The van der Waals surface area contributed by atoms with E-state index in [-0.39, 0.29) is 80.6 Å². The van der Waals surface area contributed by atoms with Gasteiger partial charge in [0, 0.05) is 20.5 Å². The molecule has 14 unspecified atom stereocenters. The molecule has 64 heavy (non-hydrogen) atoms. The maximum absolute atomic E-state index is 4.25.